The number of nitrogens with zero attached hydrogens (tertiary/aromatic N) is 1. The minimum absolute atomic E-state index is 0.0379. The van der Waals surface area contributed by atoms with Crippen molar-refractivity contribution in [3.05, 3.63) is 40.3 Å². The van der Waals surface area contributed by atoms with Gasteiger partial charge < -0.3 is 11.5 Å². The Bertz CT molecular complexity index is 595. The van der Waals surface area contributed by atoms with E-state index in [2.05, 4.69) is 0 Å². The summed E-state index contributed by atoms with van der Waals surface area (Å²) in [5.74, 6) is -0.485. The summed E-state index contributed by atoms with van der Waals surface area (Å²) in [6.45, 7) is 1.94. The van der Waals surface area contributed by atoms with Gasteiger partial charge in [0.2, 0.25) is 0 Å². The number of para-hydroxylation sites is 1. The predicted molar refractivity (Wildman–Crippen MR) is 78.8 cm³/mol. The van der Waals surface area contributed by atoms with Gasteiger partial charge in [-0.25, -0.2) is 4.39 Å². The van der Waals surface area contributed by atoms with E-state index in [9.17, 15) is 4.39 Å². The second-order valence-corrected chi connectivity index (χ2v) is 4.95. The number of aryl methyl sites for hydroxylation is 1. The Balaban J connectivity index is 2.59. The lowest BCUT2D eigenvalue weighted by atomic mass is 10.2. The van der Waals surface area contributed by atoms with Crippen molar-refractivity contribution in [1.82, 2.24) is 0 Å². The highest BCUT2D eigenvalue weighted by Crippen LogP contribution is 2.35. The molecule has 0 radical (unpaired) electrons. The van der Waals surface area contributed by atoms with Crippen LogP contribution in [-0.4, -0.2) is 5.11 Å². The third-order valence-electron chi connectivity index (χ3n) is 2.56. The summed E-state index contributed by atoms with van der Waals surface area (Å²) in [5.41, 5.74) is 13.8. The summed E-state index contributed by atoms with van der Waals surface area (Å²) in [7, 11) is 0. The van der Waals surface area contributed by atoms with Crippen LogP contribution in [-0.2, 0) is 0 Å². The third-order valence-corrected chi connectivity index (χ3v) is 3.59. The number of benzene rings is 1. The molecule has 0 aliphatic heterocycles. The Labute approximate surface area is 114 Å². The SMILES string of the molecule is Cc1cscc1N(C(N)=S)c1cccc(F)c1N. The van der Waals surface area contributed by atoms with E-state index in [4.69, 9.17) is 23.7 Å². The lowest BCUT2D eigenvalue weighted by Crippen LogP contribution is -2.32. The van der Waals surface area contributed by atoms with Gasteiger partial charge in [0.25, 0.3) is 0 Å². The van der Waals surface area contributed by atoms with Gasteiger partial charge in [-0.1, -0.05) is 6.07 Å². The third kappa shape index (κ3) is 2.16. The van der Waals surface area contributed by atoms with Crippen molar-refractivity contribution in [1.29, 1.82) is 0 Å². The van der Waals surface area contributed by atoms with Gasteiger partial charge >= 0.3 is 0 Å². The number of thiophene rings is 1. The van der Waals surface area contributed by atoms with Crippen LogP contribution in [0.25, 0.3) is 0 Å². The standard InChI is InChI=1S/C12H12FN3S2/c1-7-5-18-6-10(7)16(12(15)17)9-4-2-3-8(13)11(9)14/h2-6H,14H2,1H3,(H2,15,17). The Morgan fingerprint density at radius 1 is 1.33 bits per heavy atom. The molecule has 94 valence electrons. The molecule has 0 unspecified atom stereocenters. The molecule has 0 saturated carbocycles. The fourth-order valence-corrected chi connectivity index (χ4v) is 2.68. The average molecular weight is 281 g/mol. The minimum atomic E-state index is -0.485. The van der Waals surface area contributed by atoms with Crippen molar-refractivity contribution >= 4 is 45.7 Å². The highest BCUT2D eigenvalue weighted by atomic mass is 32.1. The zero-order valence-electron chi connectivity index (χ0n) is 9.68. The van der Waals surface area contributed by atoms with Crippen LogP contribution in [0.1, 0.15) is 5.56 Å². The van der Waals surface area contributed by atoms with Crippen LogP contribution in [0.15, 0.2) is 29.0 Å². The molecule has 0 bridgehead atoms. The van der Waals surface area contributed by atoms with Gasteiger partial charge in [-0.3, -0.25) is 4.90 Å². The highest BCUT2D eigenvalue weighted by molar-refractivity contribution is 7.80. The van der Waals surface area contributed by atoms with E-state index in [1.165, 1.54) is 17.4 Å². The van der Waals surface area contributed by atoms with Crippen LogP contribution in [0, 0.1) is 12.7 Å². The first-order valence-electron chi connectivity index (χ1n) is 5.18. The number of thiocarbonyl (C=S) groups is 1. The Kier molecular flexibility index (Phi) is 3.49. The van der Waals surface area contributed by atoms with Crippen LogP contribution >= 0.6 is 23.6 Å². The molecule has 0 atom stereocenters. The van der Waals surface area contributed by atoms with Gasteiger partial charge in [0.15, 0.2) is 5.11 Å². The monoisotopic (exact) mass is 281 g/mol. The van der Waals surface area contributed by atoms with Crippen LogP contribution in [0.4, 0.5) is 21.5 Å². The van der Waals surface area contributed by atoms with Crippen LogP contribution < -0.4 is 16.4 Å². The van der Waals surface area contributed by atoms with Gasteiger partial charge in [0.1, 0.15) is 5.82 Å². The maximum atomic E-state index is 13.5. The van der Waals surface area contributed by atoms with Crippen molar-refractivity contribution in [2.24, 2.45) is 5.73 Å². The van der Waals surface area contributed by atoms with E-state index in [0.717, 1.165) is 11.3 Å². The van der Waals surface area contributed by atoms with E-state index in [1.807, 2.05) is 17.7 Å². The van der Waals surface area contributed by atoms with E-state index < -0.39 is 5.82 Å². The minimum Gasteiger partial charge on any atom is -0.395 e. The van der Waals surface area contributed by atoms with Gasteiger partial charge in [-0.05, 0) is 42.2 Å². The number of anilines is 3. The zero-order valence-corrected chi connectivity index (χ0v) is 11.3. The molecule has 0 aliphatic rings. The Morgan fingerprint density at radius 2 is 2.06 bits per heavy atom. The molecule has 0 spiro atoms. The molecule has 0 amide bonds. The van der Waals surface area contributed by atoms with E-state index >= 15 is 0 Å². The summed E-state index contributed by atoms with van der Waals surface area (Å²) < 4.78 is 13.5. The largest absolute Gasteiger partial charge is 0.395 e. The number of nitrogens with two attached hydrogens (primary N) is 2. The fraction of sp³-hybridized carbons (Fsp3) is 0.0833. The molecule has 0 fully saturated rings. The van der Waals surface area contributed by atoms with Crippen molar-refractivity contribution in [3.8, 4) is 0 Å². The molecular formula is C12H12FN3S2. The number of hydrogen-bond acceptors (Lipinski definition) is 3. The molecule has 4 N–H and O–H groups in total. The number of hydrogen-bond donors (Lipinski definition) is 2. The zero-order chi connectivity index (χ0) is 13.3. The number of nitrogen functional groups attached to an aromatic ring is 1. The molecule has 2 aromatic rings. The van der Waals surface area contributed by atoms with E-state index in [-0.39, 0.29) is 10.8 Å². The first kappa shape index (κ1) is 12.8. The van der Waals surface area contributed by atoms with E-state index in [0.29, 0.717) is 5.69 Å². The number of halogens is 1. The van der Waals surface area contributed by atoms with Crippen LogP contribution in [0.5, 0.6) is 0 Å². The summed E-state index contributed by atoms with van der Waals surface area (Å²) >= 11 is 6.57. The lowest BCUT2D eigenvalue weighted by molar-refractivity contribution is 0.633. The predicted octanol–water partition coefficient (Wildman–Crippen LogP) is 3.16. The summed E-state index contributed by atoms with van der Waals surface area (Å²) in [6, 6.07) is 4.57. The maximum absolute atomic E-state index is 13.5. The second-order valence-electron chi connectivity index (χ2n) is 3.79. The summed E-state index contributed by atoms with van der Waals surface area (Å²) in [6.07, 6.45) is 0. The molecule has 3 nitrogen and oxygen atoms in total. The highest BCUT2D eigenvalue weighted by Gasteiger charge is 2.19. The number of rotatable bonds is 2. The quantitative estimate of drug-likeness (QED) is 0.656. The molecule has 0 aliphatic carbocycles. The van der Waals surface area contributed by atoms with Crippen molar-refractivity contribution in [2.45, 2.75) is 6.92 Å². The first-order valence-corrected chi connectivity index (χ1v) is 6.54. The molecule has 1 aromatic heterocycles. The van der Waals surface area contributed by atoms with Crippen LogP contribution in [0.2, 0.25) is 0 Å². The average Bonchev–Trinajstić information content (AvgIpc) is 2.71. The van der Waals surface area contributed by atoms with Crippen molar-refractivity contribution in [2.75, 3.05) is 10.6 Å². The van der Waals surface area contributed by atoms with E-state index in [1.54, 1.807) is 17.0 Å². The van der Waals surface area contributed by atoms with Gasteiger partial charge in [-0.15, -0.1) is 11.3 Å². The first-order chi connectivity index (χ1) is 8.52. The molecule has 2 rings (SSSR count). The van der Waals surface area contributed by atoms with Crippen LogP contribution in [0.3, 0.4) is 0 Å². The smallest absolute Gasteiger partial charge is 0.175 e. The van der Waals surface area contributed by atoms with Crippen molar-refractivity contribution < 1.29 is 4.39 Å². The summed E-state index contributed by atoms with van der Waals surface area (Å²) in [5, 5.41) is 4.00. The molecule has 0 saturated heterocycles. The topological polar surface area (TPSA) is 55.3 Å². The Morgan fingerprint density at radius 3 is 2.61 bits per heavy atom. The molecule has 1 aromatic carbocycles. The maximum Gasteiger partial charge on any atom is 0.175 e. The Hall–Kier alpha value is -1.66. The molecule has 1 heterocycles. The molecular weight excluding hydrogens is 269 g/mol. The lowest BCUT2D eigenvalue weighted by Gasteiger charge is -2.24. The molecule has 6 heteroatoms. The van der Waals surface area contributed by atoms with Gasteiger partial charge in [0, 0.05) is 5.38 Å². The molecule has 18 heavy (non-hydrogen) atoms. The fourth-order valence-electron chi connectivity index (χ4n) is 1.67. The second kappa shape index (κ2) is 4.91. The van der Waals surface area contributed by atoms with Gasteiger partial charge in [0.05, 0.1) is 17.1 Å². The van der Waals surface area contributed by atoms with Crippen molar-refractivity contribution in [3.63, 3.8) is 0 Å². The van der Waals surface area contributed by atoms with Gasteiger partial charge in [-0.2, -0.15) is 0 Å². The normalized spacial score (nSPS) is 10.3. The summed E-state index contributed by atoms with van der Waals surface area (Å²) in [4.78, 5) is 1.58.